The van der Waals surface area contributed by atoms with Crippen LogP contribution < -0.4 is 0 Å². The van der Waals surface area contributed by atoms with Crippen LogP contribution in [0.4, 0.5) is 0 Å². The first-order valence-electron chi connectivity index (χ1n) is 5.94. The Balaban J connectivity index is 0.000000750. The summed E-state index contributed by atoms with van der Waals surface area (Å²) in [5.74, 6) is 3.28. The Bertz CT molecular complexity index is 198. The molecule has 14 heavy (non-hydrogen) atoms. The Hall–Kier alpha value is 0.557. The molecule has 1 nitrogen and oxygen atoms in total. The second-order valence-electron chi connectivity index (χ2n) is 5.65. The molecule has 0 spiro atoms. The molecule has 4 aliphatic rings. The van der Waals surface area contributed by atoms with Crippen LogP contribution in [0.3, 0.4) is 0 Å². The van der Waals surface area contributed by atoms with Gasteiger partial charge >= 0.3 is 18.9 Å². The summed E-state index contributed by atoms with van der Waals surface area (Å²) in [6.45, 7) is 2.17. The van der Waals surface area contributed by atoms with Crippen LogP contribution in [0, 0.1) is 23.7 Å². The van der Waals surface area contributed by atoms with Crippen molar-refractivity contribution in [3.63, 3.8) is 0 Å². The molecule has 0 aromatic heterocycles. The van der Waals surface area contributed by atoms with Crippen molar-refractivity contribution in [2.75, 3.05) is 0 Å². The summed E-state index contributed by atoms with van der Waals surface area (Å²) >= 11 is 0. The van der Waals surface area contributed by atoms with Crippen molar-refractivity contribution in [3.8, 4) is 0 Å². The summed E-state index contributed by atoms with van der Waals surface area (Å²) in [5.41, 5.74) is -0.257. The molecule has 4 bridgehead atoms. The van der Waals surface area contributed by atoms with Gasteiger partial charge in [0.2, 0.25) is 0 Å². The topological polar surface area (TPSA) is 20.2 Å². The Morgan fingerprint density at radius 3 is 1.79 bits per heavy atom. The van der Waals surface area contributed by atoms with Crippen LogP contribution in [0.2, 0.25) is 0 Å². The van der Waals surface area contributed by atoms with E-state index in [1.807, 2.05) is 0 Å². The molecule has 0 aliphatic heterocycles. The zero-order valence-electron chi connectivity index (χ0n) is 8.50. The minimum absolute atomic E-state index is 0. The van der Waals surface area contributed by atoms with Crippen LogP contribution in [0.5, 0.6) is 0 Å². The van der Waals surface area contributed by atoms with E-state index in [-0.39, 0.29) is 24.5 Å². The van der Waals surface area contributed by atoms with Crippen molar-refractivity contribution in [2.45, 2.75) is 51.0 Å². The molecule has 4 rings (SSSR count). The average molecular weight is 188 g/mol. The molecule has 0 saturated heterocycles. The summed E-state index contributed by atoms with van der Waals surface area (Å²) in [4.78, 5) is 0. The summed E-state index contributed by atoms with van der Waals surface area (Å²) in [7, 11) is 0. The summed E-state index contributed by atoms with van der Waals surface area (Å²) in [5, 5.41) is 10.6. The fraction of sp³-hybridized carbons (Fsp3) is 1.00. The van der Waals surface area contributed by atoms with Gasteiger partial charge < -0.3 is 5.11 Å². The van der Waals surface area contributed by atoms with Gasteiger partial charge in [-0.05, 0) is 62.2 Å². The molecule has 76 valence electrons. The Labute approximate surface area is 98.8 Å². The predicted molar refractivity (Wildman–Crippen MR) is 59.4 cm³/mol. The number of rotatable bonds is 1. The van der Waals surface area contributed by atoms with Crippen LogP contribution in [-0.2, 0) is 0 Å². The molecule has 0 amide bonds. The van der Waals surface area contributed by atoms with Crippen LogP contribution >= 0.6 is 0 Å². The van der Waals surface area contributed by atoms with Gasteiger partial charge in [-0.15, -0.1) is 0 Å². The van der Waals surface area contributed by atoms with Gasteiger partial charge in [0.1, 0.15) is 0 Å². The van der Waals surface area contributed by atoms with E-state index < -0.39 is 0 Å². The van der Waals surface area contributed by atoms with E-state index in [9.17, 15) is 5.11 Å². The van der Waals surface area contributed by atoms with E-state index in [4.69, 9.17) is 0 Å². The first-order chi connectivity index (χ1) is 6.22. The third-order valence-electron chi connectivity index (χ3n) is 5.12. The van der Waals surface area contributed by atoms with Crippen molar-refractivity contribution in [2.24, 2.45) is 23.7 Å². The molecule has 4 saturated carbocycles. The molecular weight excluding hydrogens is 167 g/mol. The quantitative estimate of drug-likeness (QED) is 0.623. The fourth-order valence-electron chi connectivity index (χ4n) is 4.58. The average Bonchev–Trinajstić information content (AvgIpc) is 2.13. The second-order valence-corrected chi connectivity index (χ2v) is 5.65. The van der Waals surface area contributed by atoms with Crippen molar-refractivity contribution in [1.82, 2.24) is 0 Å². The van der Waals surface area contributed by atoms with E-state index >= 15 is 0 Å². The first-order valence-corrected chi connectivity index (χ1v) is 5.94. The Morgan fingerprint density at radius 1 is 1.00 bits per heavy atom. The monoisotopic (exact) mass is 188 g/mol. The van der Waals surface area contributed by atoms with Crippen LogP contribution in [0.1, 0.15) is 45.4 Å². The zero-order chi connectivity index (χ0) is 9.05. The number of hydrogen-bond donors (Lipinski definition) is 1. The maximum atomic E-state index is 10.6. The Morgan fingerprint density at radius 2 is 1.43 bits per heavy atom. The van der Waals surface area contributed by atoms with Gasteiger partial charge in [0.25, 0.3) is 0 Å². The summed E-state index contributed by atoms with van der Waals surface area (Å²) in [6, 6.07) is 0. The van der Waals surface area contributed by atoms with Gasteiger partial charge in [0, 0.05) is 0 Å². The third-order valence-corrected chi connectivity index (χ3v) is 5.12. The van der Waals surface area contributed by atoms with E-state index in [0.29, 0.717) is 11.8 Å². The van der Waals surface area contributed by atoms with E-state index in [1.54, 1.807) is 0 Å². The second kappa shape index (κ2) is 3.54. The van der Waals surface area contributed by atoms with Gasteiger partial charge in [0.05, 0.1) is 5.60 Å². The predicted octanol–water partition coefficient (Wildman–Crippen LogP) is 1.94. The van der Waals surface area contributed by atoms with E-state index in [1.165, 1.54) is 32.1 Å². The molecule has 0 heterocycles. The zero-order valence-corrected chi connectivity index (χ0v) is 8.50. The van der Waals surface area contributed by atoms with Crippen molar-refractivity contribution < 1.29 is 5.11 Å². The van der Waals surface area contributed by atoms with Crippen LogP contribution in [0.25, 0.3) is 0 Å². The van der Waals surface area contributed by atoms with Crippen molar-refractivity contribution >= 4 is 18.9 Å². The third kappa shape index (κ3) is 1.33. The Kier molecular flexibility index (Phi) is 2.80. The molecule has 0 aromatic rings. The molecule has 0 aromatic carbocycles. The maximum absolute atomic E-state index is 10.6. The molecule has 0 radical (unpaired) electrons. The van der Waals surface area contributed by atoms with Crippen LogP contribution in [0.15, 0.2) is 0 Å². The standard InChI is InChI=1S/C12H20O.Li.H/c1-2-12(13)10-4-8-3-9(6-10)7-11(12)5-8;;/h8-11,13H,2-7H2,1H3;;. The van der Waals surface area contributed by atoms with Crippen molar-refractivity contribution in [3.05, 3.63) is 0 Å². The minimum atomic E-state index is -0.257. The number of hydrogen-bond acceptors (Lipinski definition) is 1. The molecule has 1 N–H and O–H groups in total. The van der Waals surface area contributed by atoms with E-state index in [2.05, 4.69) is 6.92 Å². The van der Waals surface area contributed by atoms with Gasteiger partial charge in [-0.3, -0.25) is 0 Å². The first kappa shape index (κ1) is 11.1. The van der Waals surface area contributed by atoms with Gasteiger partial charge in [-0.25, -0.2) is 0 Å². The number of aliphatic hydroxyl groups is 1. The molecule has 4 aliphatic carbocycles. The molecular formula is C12H21LiO. The van der Waals surface area contributed by atoms with Crippen LogP contribution in [-0.4, -0.2) is 29.6 Å². The molecule has 4 fully saturated rings. The molecule has 0 atom stereocenters. The molecule has 0 unspecified atom stereocenters. The summed E-state index contributed by atoms with van der Waals surface area (Å²) in [6.07, 6.45) is 7.79. The van der Waals surface area contributed by atoms with E-state index in [0.717, 1.165) is 18.3 Å². The fourth-order valence-corrected chi connectivity index (χ4v) is 4.58. The SMILES string of the molecule is CCC1(O)C2CC3CC(C2)CC1C3.[LiH]. The normalized spacial score (nSPS) is 54.4. The molecule has 2 heteroatoms. The summed E-state index contributed by atoms with van der Waals surface area (Å²) < 4.78 is 0. The van der Waals surface area contributed by atoms with Gasteiger partial charge in [-0.1, -0.05) is 6.92 Å². The van der Waals surface area contributed by atoms with Crippen molar-refractivity contribution in [1.29, 1.82) is 0 Å². The van der Waals surface area contributed by atoms with Gasteiger partial charge in [0.15, 0.2) is 0 Å². The van der Waals surface area contributed by atoms with Gasteiger partial charge in [-0.2, -0.15) is 0 Å².